The Morgan fingerprint density at radius 2 is 1.85 bits per heavy atom. The standard InChI is InChI=1S/C18H23ClN4O3/c1-20-18(21-7-6-12-4-5-16(19)22-10-12)23-11-13-8-14(25-2)17(24)15(9-13)26-3/h4-5,8-10,24H,6-7,11H2,1-3H3,(H2,20,21,23). The average molecular weight is 379 g/mol. The maximum Gasteiger partial charge on any atom is 0.200 e. The highest BCUT2D eigenvalue weighted by Gasteiger charge is 2.11. The van der Waals surface area contributed by atoms with E-state index in [4.69, 9.17) is 21.1 Å². The summed E-state index contributed by atoms with van der Waals surface area (Å²) in [5, 5.41) is 16.9. The van der Waals surface area contributed by atoms with E-state index in [0.29, 0.717) is 35.7 Å². The van der Waals surface area contributed by atoms with Gasteiger partial charge in [0.05, 0.1) is 14.2 Å². The lowest BCUT2D eigenvalue weighted by Gasteiger charge is -2.14. The van der Waals surface area contributed by atoms with Gasteiger partial charge in [0.15, 0.2) is 17.5 Å². The highest BCUT2D eigenvalue weighted by Crippen LogP contribution is 2.36. The van der Waals surface area contributed by atoms with Crippen LogP contribution in [0.25, 0.3) is 0 Å². The molecule has 0 aliphatic heterocycles. The molecule has 0 aliphatic carbocycles. The topological polar surface area (TPSA) is 88.0 Å². The van der Waals surface area contributed by atoms with Crippen molar-refractivity contribution in [1.29, 1.82) is 0 Å². The molecule has 1 aromatic carbocycles. The summed E-state index contributed by atoms with van der Waals surface area (Å²) in [6, 6.07) is 7.22. The van der Waals surface area contributed by atoms with Crippen molar-refractivity contribution >= 4 is 17.6 Å². The van der Waals surface area contributed by atoms with Crippen LogP contribution in [0.3, 0.4) is 0 Å². The van der Waals surface area contributed by atoms with Crippen molar-refractivity contribution in [3.05, 3.63) is 46.7 Å². The Morgan fingerprint density at radius 3 is 2.38 bits per heavy atom. The number of aromatic nitrogens is 1. The molecule has 0 unspecified atom stereocenters. The molecular formula is C18H23ClN4O3. The van der Waals surface area contributed by atoms with Crippen molar-refractivity contribution in [2.45, 2.75) is 13.0 Å². The van der Waals surface area contributed by atoms with E-state index < -0.39 is 0 Å². The highest BCUT2D eigenvalue weighted by atomic mass is 35.5. The number of hydrogen-bond acceptors (Lipinski definition) is 5. The van der Waals surface area contributed by atoms with Gasteiger partial charge in [-0.05, 0) is 35.7 Å². The van der Waals surface area contributed by atoms with Gasteiger partial charge < -0.3 is 25.2 Å². The van der Waals surface area contributed by atoms with Crippen LogP contribution in [-0.4, -0.2) is 43.9 Å². The van der Waals surface area contributed by atoms with Gasteiger partial charge in [-0.25, -0.2) is 4.98 Å². The molecular weight excluding hydrogens is 356 g/mol. The number of nitrogens with zero attached hydrogens (tertiary/aromatic N) is 2. The molecule has 26 heavy (non-hydrogen) atoms. The number of aromatic hydroxyl groups is 1. The van der Waals surface area contributed by atoms with E-state index in [9.17, 15) is 5.11 Å². The quantitative estimate of drug-likeness (QED) is 0.389. The number of pyridine rings is 1. The van der Waals surface area contributed by atoms with Crippen LogP contribution >= 0.6 is 11.6 Å². The number of guanidine groups is 1. The molecule has 1 aromatic heterocycles. The smallest absolute Gasteiger partial charge is 0.200 e. The third-order valence-corrected chi connectivity index (χ3v) is 3.94. The van der Waals surface area contributed by atoms with Crippen molar-refractivity contribution in [1.82, 2.24) is 15.6 Å². The number of methoxy groups -OCH3 is 2. The summed E-state index contributed by atoms with van der Waals surface area (Å²) in [7, 11) is 4.70. The first-order valence-electron chi connectivity index (χ1n) is 8.06. The molecule has 7 nitrogen and oxygen atoms in total. The van der Waals surface area contributed by atoms with Gasteiger partial charge in [0.1, 0.15) is 5.15 Å². The number of phenolic OH excluding ortho intramolecular Hbond substituents is 1. The second-order valence-corrected chi connectivity index (χ2v) is 5.83. The zero-order valence-electron chi connectivity index (χ0n) is 15.0. The monoisotopic (exact) mass is 378 g/mol. The summed E-state index contributed by atoms with van der Waals surface area (Å²) in [4.78, 5) is 8.26. The number of rotatable bonds is 7. The highest BCUT2D eigenvalue weighted by molar-refractivity contribution is 6.29. The van der Waals surface area contributed by atoms with Crippen LogP contribution in [-0.2, 0) is 13.0 Å². The van der Waals surface area contributed by atoms with Gasteiger partial charge in [-0.1, -0.05) is 17.7 Å². The molecule has 2 aromatic rings. The Morgan fingerprint density at radius 1 is 1.15 bits per heavy atom. The lowest BCUT2D eigenvalue weighted by molar-refractivity contribution is 0.339. The number of halogens is 1. The largest absolute Gasteiger partial charge is 0.502 e. The van der Waals surface area contributed by atoms with Crippen molar-refractivity contribution in [2.75, 3.05) is 27.8 Å². The molecule has 0 saturated carbocycles. The number of hydrogen-bond donors (Lipinski definition) is 3. The normalized spacial score (nSPS) is 11.2. The summed E-state index contributed by atoms with van der Waals surface area (Å²) in [5.74, 6) is 1.37. The lowest BCUT2D eigenvalue weighted by Crippen LogP contribution is -2.37. The van der Waals surface area contributed by atoms with Crippen LogP contribution in [0.5, 0.6) is 17.2 Å². The molecule has 8 heteroatoms. The minimum Gasteiger partial charge on any atom is -0.502 e. The number of ether oxygens (including phenoxy) is 2. The number of benzene rings is 1. The molecule has 0 saturated heterocycles. The minimum absolute atomic E-state index is 0.0159. The van der Waals surface area contributed by atoms with E-state index in [-0.39, 0.29) is 5.75 Å². The molecule has 140 valence electrons. The Kier molecular flexibility index (Phi) is 7.35. The van der Waals surface area contributed by atoms with E-state index in [0.717, 1.165) is 17.5 Å². The Balaban J connectivity index is 1.89. The third kappa shape index (κ3) is 5.42. The molecule has 0 radical (unpaired) electrons. The van der Waals surface area contributed by atoms with Crippen LogP contribution in [0.2, 0.25) is 5.15 Å². The van der Waals surface area contributed by atoms with Crippen molar-refractivity contribution in [3.8, 4) is 17.2 Å². The molecule has 1 heterocycles. The number of aliphatic imine (C=N–C) groups is 1. The second kappa shape index (κ2) is 9.72. The predicted molar refractivity (Wildman–Crippen MR) is 102 cm³/mol. The maximum absolute atomic E-state index is 9.96. The Bertz CT molecular complexity index is 726. The molecule has 0 bridgehead atoms. The molecule has 0 spiro atoms. The van der Waals surface area contributed by atoms with Gasteiger partial charge >= 0.3 is 0 Å². The van der Waals surface area contributed by atoms with Crippen LogP contribution in [0.15, 0.2) is 35.5 Å². The van der Waals surface area contributed by atoms with Crippen LogP contribution < -0.4 is 20.1 Å². The number of phenols is 1. The fourth-order valence-corrected chi connectivity index (χ4v) is 2.45. The van der Waals surface area contributed by atoms with Gasteiger partial charge in [0, 0.05) is 26.3 Å². The molecule has 0 atom stereocenters. The first kappa shape index (κ1) is 19.7. The first-order valence-corrected chi connectivity index (χ1v) is 8.44. The van der Waals surface area contributed by atoms with E-state index in [1.807, 2.05) is 6.07 Å². The second-order valence-electron chi connectivity index (χ2n) is 5.44. The van der Waals surface area contributed by atoms with Gasteiger partial charge in [-0.15, -0.1) is 0 Å². The zero-order valence-corrected chi connectivity index (χ0v) is 15.8. The van der Waals surface area contributed by atoms with E-state index in [1.54, 1.807) is 31.4 Å². The molecule has 0 fully saturated rings. The fourth-order valence-electron chi connectivity index (χ4n) is 2.34. The van der Waals surface area contributed by atoms with Gasteiger partial charge in [-0.2, -0.15) is 0 Å². The average Bonchev–Trinajstić information content (AvgIpc) is 2.66. The van der Waals surface area contributed by atoms with Crippen LogP contribution in [0.4, 0.5) is 0 Å². The molecule has 0 amide bonds. The van der Waals surface area contributed by atoms with E-state index in [2.05, 4.69) is 20.6 Å². The summed E-state index contributed by atoms with van der Waals surface area (Å²) in [6.07, 6.45) is 2.56. The van der Waals surface area contributed by atoms with Crippen molar-refractivity contribution < 1.29 is 14.6 Å². The SMILES string of the molecule is CN=C(NCCc1ccc(Cl)nc1)NCc1cc(OC)c(O)c(OC)c1. The summed E-state index contributed by atoms with van der Waals surface area (Å²) in [5.41, 5.74) is 1.98. The van der Waals surface area contributed by atoms with Crippen molar-refractivity contribution in [2.24, 2.45) is 4.99 Å². The lowest BCUT2D eigenvalue weighted by atomic mass is 10.2. The third-order valence-electron chi connectivity index (χ3n) is 3.72. The van der Waals surface area contributed by atoms with E-state index >= 15 is 0 Å². The van der Waals surface area contributed by atoms with E-state index in [1.165, 1.54) is 14.2 Å². The zero-order chi connectivity index (χ0) is 18.9. The molecule has 3 N–H and O–H groups in total. The van der Waals surface area contributed by atoms with Gasteiger partial charge in [0.2, 0.25) is 5.75 Å². The van der Waals surface area contributed by atoms with Gasteiger partial charge in [-0.3, -0.25) is 4.99 Å². The van der Waals surface area contributed by atoms with Crippen molar-refractivity contribution in [3.63, 3.8) is 0 Å². The predicted octanol–water partition coefficient (Wildman–Crippen LogP) is 2.37. The Hall–Kier alpha value is -2.67. The Labute approximate surface area is 158 Å². The summed E-state index contributed by atoms with van der Waals surface area (Å²) in [6.45, 7) is 1.19. The summed E-state index contributed by atoms with van der Waals surface area (Å²) < 4.78 is 10.3. The van der Waals surface area contributed by atoms with Crippen LogP contribution in [0.1, 0.15) is 11.1 Å². The number of nitrogens with one attached hydrogen (secondary N) is 2. The first-order chi connectivity index (χ1) is 12.6. The minimum atomic E-state index is -0.0159. The molecule has 0 aliphatic rings. The maximum atomic E-state index is 9.96. The van der Waals surface area contributed by atoms with Gasteiger partial charge in [0.25, 0.3) is 0 Å². The molecule has 2 rings (SSSR count). The summed E-state index contributed by atoms with van der Waals surface area (Å²) >= 11 is 5.78. The van der Waals surface area contributed by atoms with Crippen LogP contribution in [0, 0.1) is 0 Å². The fraction of sp³-hybridized carbons (Fsp3) is 0.333.